The van der Waals surface area contributed by atoms with Crippen molar-refractivity contribution in [1.29, 1.82) is 0 Å². The average Bonchev–Trinajstić information content (AvgIpc) is 3.56. The lowest BCUT2D eigenvalue weighted by molar-refractivity contribution is -0.139. The SMILES string of the molecule is Cc1nn(-c2ccccc2)c2c1[C@@H](c1ccc(OCC(=O)O)cc1)C1=C(C[C@@H](c3cccs3)CC1=O)N2. The molecule has 0 unspecified atom stereocenters. The Morgan fingerprint density at radius 1 is 1.11 bits per heavy atom. The number of aromatic nitrogens is 2. The summed E-state index contributed by atoms with van der Waals surface area (Å²) in [7, 11) is 0. The molecule has 3 heterocycles. The predicted molar refractivity (Wildman–Crippen MR) is 142 cm³/mol. The average molecular weight is 512 g/mol. The summed E-state index contributed by atoms with van der Waals surface area (Å²) in [6, 6.07) is 21.5. The second kappa shape index (κ2) is 9.37. The Balaban J connectivity index is 1.47. The number of ether oxygens (including phenoxy) is 1. The van der Waals surface area contributed by atoms with Crippen molar-refractivity contribution in [3.05, 3.63) is 105 Å². The molecule has 186 valence electrons. The fourth-order valence-electron chi connectivity index (χ4n) is 5.39. The highest BCUT2D eigenvalue weighted by atomic mass is 32.1. The molecule has 2 aliphatic rings. The number of fused-ring (bicyclic) bond motifs is 1. The Kier molecular flexibility index (Phi) is 5.88. The van der Waals surface area contributed by atoms with E-state index >= 15 is 0 Å². The molecule has 2 aromatic heterocycles. The minimum Gasteiger partial charge on any atom is -0.482 e. The Bertz CT molecular complexity index is 1500. The van der Waals surface area contributed by atoms with Crippen molar-refractivity contribution in [1.82, 2.24) is 9.78 Å². The molecule has 8 heteroatoms. The number of carboxylic acid groups (broad SMARTS) is 1. The molecule has 1 aliphatic carbocycles. The van der Waals surface area contributed by atoms with E-state index in [0.717, 1.165) is 46.0 Å². The summed E-state index contributed by atoms with van der Waals surface area (Å²) < 4.78 is 7.26. The number of aryl methyl sites for hydroxylation is 1. The van der Waals surface area contributed by atoms with E-state index in [-0.39, 0.29) is 17.6 Å². The van der Waals surface area contributed by atoms with Crippen molar-refractivity contribution in [2.24, 2.45) is 0 Å². The summed E-state index contributed by atoms with van der Waals surface area (Å²) in [4.78, 5) is 25.9. The number of anilines is 1. The summed E-state index contributed by atoms with van der Waals surface area (Å²) in [5, 5.41) is 19.5. The van der Waals surface area contributed by atoms with E-state index in [0.29, 0.717) is 12.2 Å². The Hall–Kier alpha value is -4.17. The van der Waals surface area contributed by atoms with Crippen molar-refractivity contribution in [3.63, 3.8) is 0 Å². The molecule has 2 N–H and O–H groups in total. The highest BCUT2D eigenvalue weighted by Crippen LogP contribution is 2.50. The van der Waals surface area contributed by atoms with Crippen molar-refractivity contribution >= 4 is 28.9 Å². The molecule has 2 atom stereocenters. The lowest BCUT2D eigenvalue weighted by Crippen LogP contribution is -2.30. The number of carbonyl (C=O) groups excluding carboxylic acids is 1. The van der Waals surface area contributed by atoms with Crippen molar-refractivity contribution < 1.29 is 19.4 Å². The van der Waals surface area contributed by atoms with Crippen LogP contribution < -0.4 is 10.1 Å². The number of Topliss-reactive ketones (excluding diaryl/α,β-unsaturated/α-hetero) is 1. The van der Waals surface area contributed by atoms with Crippen LogP contribution in [0.15, 0.2) is 83.4 Å². The summed E-state index contributed by atoms with van der Waals surface area (Å²) >= 11 is 1.69. The molecule has 4 aromatic rings. The lowest BCUT2D eigenvalue weighted by Gasteiger charge is -2.35. The Morgan fingerprint density at radius 2 is 1.89 bits per heavy atom. The molecule has 1 aliphatic heterocycles. The maximum absolute atomic E-state index is 13.7. The number of carboxylic acids is 1. The van der Waals surface area contributed by atoms with Gasteiger partial charge in [0.2, 0.25) is 0 Å². The van der Waals surface area contributed by atoms with Gasteiger partial charge in [0.15, 0.2) is 12.4 Å². The van der Waals surface area contributed by atoms with E-state index in [2.05, 4.69) is 16.8 Å². The lowest BCUT2D eigenvalue weighted by atomic mass is 9.73. The third-order valence-corrected chi connectivity index (χ3v) is 8.02. The van der Waals surface area contributed by atoms with E-state index in [4.69, 9.17) is 14.9 Å². The summed E-state index contributed by atoms with van der Waals surface area (Å²) in [6.45, 7) is 1.57. The molecular weight excluding hydrogens is 486 g/mol. The number of hydrogen-bond acceptors (Lipinski definition) is 6. The number of rotatable bonds is 6. The number of aliphatic carboxylic acids is 1. The second-order valence-corrected chi connectivity index (χ2v) is 10.3. The Labute approximate surface area is 218 Å². The molecule has 6 rings (SSSR count). The van der Waals surface area contributed by atoms with Gasteiger partial charge in [-0.2, -0.15) is 5.10 Å². The van der Waals surface area contributed by atoms with Crippen LogP contribution >= 0.6 is 11.3 Å². The highest BCUT2D eigenvalue weighted by molar-refractivity contribution is 7.10. The molecule has 0 bridgehead atoms. The maximum Gasteiger partial charge on any atom is 0.341 e. The molecule has 0 fully saturated rings. The number of thiophene rings is 1. The first-order chi connectivity index (χ1) is 18.0. The molecule has 7 nitrogen and oxygen atoms in total. The standard InChI is InChI=1S/C29H25N3O4S/c1-17-26-27(18-9-11-21(12-10-18)36-16-25(34)35)28-22(14-19(15-23(28)33)24-8-5-13-37-24)30-29(26)32(31-17)20-6-3-2-4-7-20/h2-13,19,27,30H,14-16H2,1H3,(H,34,35)/t19-,27-/m1/s1. The van der Waals surface area contributed by atoms with Gasteiger partial charge in [-0.25, -0.2) is 9.48 Å². The number of allylic oxidation sites excluding steroid dienone is 2. The van der Waals surface area contributed by atoms with E-state index in [1.165, 1.54) is 4.88 Å². The van der Waals surface area contributed by atoms with Crippen LogP contribution in [0.3, 0.4) is 0 Å². The van der Waals surface area contributed by atoms with Crippen LogP contribution in [0.4, 0.5) is 5.82 Å². The molecule has 2 aromatic carbocycles. The number of ketones is 1. The molecule has 0 saturated carbocycles. The predicted octanol–water partition coefficient (Wildman–Crippen LogP) is 5.66. The third kappa shape index (κ3) is 4.23. The van der Waals surface area contributed by atoms with Crippen molar-refractivity contribution in [2.45, 2.75) is 31.6 Å². The van der Waals surface area contributed by atoms with Gasteiger partial charge in [-0.3, -0.25) is 4.79 Å². The first kappa shape index (κ1) is 23.2. The summed E-state index contributed by atoms with van der Waals surface area (Å²) in [6.07, 6.45) is 1.22. The van der Waals surface area contributed by atoms with E-state index in [1.54, 1.807) is 23.5 Å². The van der Waals surface area contributed by atoms with Crippen LogP contribution in [-0.4, -0.2) is 33.2 Å². The van der Waals surface area contributed by atoms with Gasteiger partial charge < -0.3 is 15.2 Å². The zero-order valence-corrected chi connectivity index (χ0v) is 21.0. The maximum atomic E-state index is 13.7. The van der Waals surface area contributed by atoms with Gasteiger partial charge in [-0.05, 0) is 54.6 Å². The quantitative estimate of drug-likeness (QED) is 0.347. The van der Waals surface area contributed by atoms with Crippen LogP contribution in [0.5, 0.6) is 5.75 Å². The zero-order chi connectivity index (χ0) is 25.5. The van der Waals surface area contributed by atoms with Gasteiger partial charge in [-0.15, -0.1) is 11.3 Å². The summed E-state index contributed by atoms with van der Waals surface area (Å²) in [5.41, 5.74) is 5.44. The number of para-hydroxylation sites is 1. The van der Waals surface area contributed by atoms with Crippen LogP contribution in [0.1, 0.15) is 46.4 Å². The van der Waals surface area contributed by atoms with E-state index in [9.17, 15) is 9.59 Å². The minimum atomic E-state index is -1.03. The first-order valence-corrected chi connectivity index (χ1v) is 13.0. The van der Waals surface area contributed by atoms with Gasteiger partial charge >= 0.3 is 5.97 Å². The van der Waals surface area contributed by atoms with Crippen molar-refractivity contribution in [3.8, 4) is 11.4 Å². The number of nitrogens with one attached hydrogen (secondary N) is 1. The van der Waals surface area contributed by atoms with Crippen LogP contribution in [0, 0.1) is 6.92 Å². The van der Waals surface area contributed by atoms with Crippen LogP contribution in [0.2, 0.25) is 0 Å². The largest absolute Gasteiger partial charge is 0.482 e. The van der Waals surface area contributed by atoms with Gasteiger partial charge in [0.25, 0.3) is 0 Å². The molecule has 0 amide bonds. The number of benzene rings is 2. The van der Waals surface area contributed by atoms with Gasteiger partial charge in [0.05, 0.1) is 11.4 Å². The molecule has 37 heavy (non-hydrogen) atoms. The normalized spacial score (nSPS) is 18.7. The minimum absolute atomic E-state index is 0.140. The number of nitrogens with zero attached hydrogens (tertiary/aromatic N) is 2. The zero-order valence-electron chi connectivity index (χ0n) is 20.2. The Morgan fingerprint density at radius 3 is 2.59 bits per heavy atom. The van der Waals surface area contributed by atoms with Crippen LogP contribution in [-0.2, 0) is 9.59 Å². The number of hydrogen-bond donors (Lipinski definition) is 2. The topological polar surface area (TPSA) is 93.5 Å². The monoisotopic (exact) mass is 511 g/mol. The van der Waals surface area contributed by atoms with E-state index < -0.39 is 12.6 Å². The van der Waals surface area contributed by atoms with Gasteiger partial charge in [0.1, 0.15) is 11.6 Å². The second-order valence-electron chi connectivity index (χ2n) is 9.34. The number of carbonyl (C=O) groups is 2. The van der Waals surface area contributed by atoms with Crippen LogP contribution in [0.25, 0.3) is 5.69 Å². The molecule has 0 radical (unpaired) electrons. The highest BCUT2D eigenvalue weighted by Gasteiger charge is 2.41. The molecular formula is C29H25N3O4S. The smallest absolute Gasteiger partial charge is 0.341 e. The fourth-order valence-corrected chi connectivity index (χ4v) is 6.22. The molecule has 0 saturated heterocycles. The van der Waals surface area contributed by atoms with Gasteiger partial charge in [0, 0.05) is 40.0 Å². The van der Waals surface area contributed by atoms with Gasteiger partial charge in [-0.1, -0.05) is 36.4 Å². The molecule has 0 spiro atoms. The van der Waals surface area contributed by atoms with E-state index in [1.807, 2.05) is 60.1 Å². The third-order valence-electron chi connectivity index (χ3n) is 6.98. The fraction of sp³-hybridized carbons (Fsp3) is 0.207. The summed E-state index contributed by atoms with van der Waals surface area (Å²) in [5.74, 6) is 0.313. The first-order valence-electron chi connectivity index (χ1n) is 12.2. The van der Waals surface area contributed by atoms with Crippen molar-refractivity contribution in [2.75, 3.05) is 11.9 Å².